The van der Waals surface area contributed by atoms with Crippen LogP contribution in [-0.2, 0) is 0 Å². The van der Waals surface area contributed by atoms with E-state index in [1.54, 1.807) is 4.90 Å². The summed E-state index contributed by atoms with van der Waals surface area (Å²) in [5.41, 5.74) is 0.869. The van der Waals surface area contributed by atoms with Crippen molar-refractivity contribution in [3.05, 3.63) is 18.2 Å². The molecule has 1 N–H and O–H groups in total. The first-order valence-electron chi connectivity index (χ1n) is 6.77. The number of nitrogens with zero attached hydrogens (tertiary/aromatic N) is 2. The molecule has 1 aromatic carbocycles. The highest BCUT2D eigenvalue weighted by molar-refractivity contribution is 7.22. The third-order valence-corrected chi connectivity index (χ3v) is 3.87. The van der Waals surface area contributed by atoms with Crippen LogP contribution in [0.4, 0.5) is 9.93 Å². The number of anilines is 1. The van der Waals surface area contributed by atoms with Gasteiger partial charge in [-0.1, -0.05) is 11.3 Å². The van der Waals surface area contributed by atoms with Crippen LogP contribution in [0.5, 0.6) is 5.75 Å². The van der Waals surface area contributed by atoms with Crippen molar-refractivity contribution in [2.75, 3.05) is 25.0 Å². The molecule has 0 bridgehead atoms. The number of ether oxygens (including phenoxy) is 1. The molecule has 1 aromatic heterocycles. The monoisotopic (exact) mass is 293 g/mol. The van der Waals surface area contributed by atoms with E-state index in [4.69, 9.17) is 4.74 Å². The number of hydrogen-bond donors (Lipinski definition) is 1. The van der Waals surface area contributed by atoms with Crippen molar-refractivity contribution in [2.24, 2.45) is 0 Å². The van der Waals surface area contributed by atoms with Gasteiger partial charge in [-0.2, -0.15) is 0 Å². The van der Waals surface area contributed by atoms with Gasteiger partial charge in [0.15, 0.2) is 5.13 Å². The number of hydrogen-bond acceptors (Lipinski definition) is 4. The second kappa shape index (κ2) is 6.56. The van der Waals surface area contributed by atoms with E-state index in [1.165, 1.54) is 11.3 Å². The summed E-state index contributed by atoms with van der Waals surface area (Å²) in [6.07, 6.45) is 0. The van der Waals surface area contributed by atoms with Crippen LogP contribution in [0.1, 0.15) is 20.8 Å². The van der Waals surface area contributed by atoms with Gasteiger partial charge in [-0.15, -0.1) is 0 Å². The minimum atomic E-state index is -0.112. The smallest absolute Gasteiger partial charge is 0.323 e. The van der Waals surface area contributed by atoms with Gasteiger partial charge in [0.25, 0.3) is 0 Å². The largest absolute Gasteiger partial charge is 0.494 e. The first-order valence-corrected chi connectivity index (χ1v) is 7.58. The number of benzene rings is 1. The Labute approximate surface area is 122 Å². The number of thiazole rings is 1. The lowest BCUT2D eigenvalue weighted by molar-refractivity contribution is 0.217. The molecule has 20 heavy (non-hydrogen) atoms. The average Bonchev–Trinajstić information content (AvgIpc) is 2.82. The Morgan fingerprint density at radius 3 is 2.75 bits per heavy atom. The zero-order valence-corrected chi connectivity index (χ0v) is 12.8. The van der Waals surface area contributed by atoms with E-state index in [9.17, 15) is 4.79 Å². The summed E-state index contributed by atoms with van der Waals surface area (Å²) in [5.74, 6) is 0.824. The molecule has 2 aromatic rings. The molecule has 5 nitrogen and oxygen atoms in total. The van der Waals surface area contributed by atoms with Crippen molar-refractivity contribution in [3.8, 4) is 5.75 Å². The lowest BCUT2D eigenvalue weighted by Crippen LogP contribution is -2.34. The fourth-order valence-corrected chi connectivity index (χ4v) is 2.78. The molecule has 6 heteroatoms. The second-order valence-corrected chi connectivity index (χ2v) is 5.21. The highest BCUT2D eigenvalue weighted by Gasteiger charge is 2.12. The molecule has 2 rings (SSSR count). The van der Waals surface area contributed by atoms with Crippen LogP contribution in [0.2, 0.25) is 0 Å². The Morgan fingerprint density at radius 1 is 1.35 bits per heavy atom. The van der Waals surface area contributed by atoms with E-state index < -0.39 is 0 Å². The number of amides is 2. The van der Waals surface area contributed by atoms with Crippen LogP contribution in [0.15, 0.2) is 18.2 Å². The van der Waals surface area contributed by atoms with E-state index in [-0.39, 0.29) is 6.03 Å². The van der Waals surface area contributed by atoms with Crippen LogP contribution in [0.25, 0.3) is 10.2 Å². The second-order valence-electron chi connectivity index (χ2n) is 4.18. The molecule has 108 valence electrons. The van der Waals surface area contributed by atoms with E-state index in [0.717, 1.165) is 16.0 Å². The van der Waals surface area contributed by atoms with Gasteiger partial charge in [0.2, 0.25) is 0 Å². The molecule has 0 atom stereocenters. The highest BCUT2D eigenvalue weighted by atomic mass is 32.1. The number of carbonyl (C=O) groups excluding carboxylic acids is 1. The van der Waals surface area contributed by atoms with Crippen LogP contribution in [0, 0.1) is 0 Å². The van der Waals surface area contributed by atoms with Crippen LogP contribution >= 0.6 is 11.3 Å². The predicted molar refractivity (Wildman–Crippen MR) is 82.7 cm³/mol. The molecule has 0 saturated heterocycles. The van der Waals surface area contributed by atoms with E-state index in [0.29, 0.717) is 24.8 Å². The minimum Gasteiger partial charge on any atom is -0.494 e. The number of urea groups is 1. The van der Waals surface area contributed by atoms with Crippen molar-refractivity contribution in [1.29, 1.82) is 0 Å². The number of carbonyl (C=O) groups is 1. The first-order chi connectivity index (χ1) is 9.67. The quantitative estimate of drug-likeness (QED) is 0.917. The molecular formula is C14H19N3O2S. The Bertz CT molecular complexity index is 593. The lowest BCUT2D eigenvalue weighted by atomic mass is 10.3. The summed E-state index contributed by atoms with van der Waals surface area (Å²) in [6, 6.07) is 5.63. The Balaban J connectivity index is 2.17. The van der Waals surface area contributed by atoms with Gasteiger partial charge in [-0.3, -0.25) is 5.32 Å². The maximum Gasteiger partial charge on any atom is 0.323 e. The van der Waals surface area contributed by atoms with Crippen molar-refractivity contribution < 1.29 is 9.53 Å². The maximum atomic E-state index is 12.0. The molecule has 0 unspecified atom stereocenters. The standard InChI is InChI=1S/C14H19N3O2S/c1-4-17(5-2)14(18)16-13-15-11-8-7-10(19-6-3)9-12(11)20-13/h7-9H,4-6H2,1-3H3,(H,15,16,18). The fraction of sp³-hybridized carbons (Fsp3) is 0.429. The van der Waals surface area contributed by atoms with E-state index in [2.05, 4.69) is 10.3 Å². The molecule has 0 spiro atoms. The summed E-state index contributed by atoms with van der Waals surface area (Å²) in [6.45, 7) is 7.86. The molecule has 1 heterocycles. The molecule has 0 aliphatic heterocycles. The topological polar surface area (TPSA) is 54.5 Å². The molecule has 0 saturated carbocycles. The van der Waals surface area contributed by atoms with E-state index in [1.807, 2.05) is 39.0 Å². The fourth-order valence-electron chi connectivity index (χ4n) is 1.90. The predicted octanol–water partition coefficient (Wildman–Crippen LogP) is 3.57. The van der Waals surface area contributed by atoms with Crippen LogP contribution < -0.4 is 10.1 Å². The van der Waals surface area contributed by atoms with Crippen molar-refractivity contribution in [2.45, 2.75) is 20.8 Å². The van der Waals surface area contributed by atoms with Gasteiger partial charge in [0.05, 0.1) is 16.8 Å². The Morgan fingerprint density at radius 2 is 2.10 bits per heavy atom. The number of nitrogens with one attached hydrogen (secondary N) is 1. The third kappa shape index (κ3) is 3.19. The zero-order chi connectivity index (χ0) is 14.5. The summed E-state index contributed by atoms with van der Waals surface area (Å²) in [4.78, 5) is 18.1. The Kier molecular flexibility index (Phi) is 4.79. The number of fused-ring (bicyclic) bond motifs is 1. The minimum absolute atomic E-state index is 0.112. The molecule has 2 amide bonds. The molecular weight excluding hydrogens is 274 g/mol. The zero-order valence-electron chi connectivity index (χ0n) is 12.0. The summed E-state index contributed by atoms with van der Waals surface area (Å²) < 4.78 is 6.47. The van der Waals surface area contributed by atoms with Gasteiger partial charge < -0.3 is 9.64 Å². The highest BCUT2D eigenvalue weighted by Crippen LogP contribution is 2.29. The molecule has 0 aliphatic rings. The van der Waals surface area contributed by atoms with Crippen LogP contribution in [0.3, 0.4) is 0 Å². The van der Waals surface area contributed by atoms with Gasteiger partial charge in [-0.25, -0.2) is 9.78 Å². The van der Waals surface area contributed by atoms with Crippen LogP contribution in [-0.4, -0.2) is 35.6 Å². The van der Waals surface area contributed by atoms with Gasteiger partial charge in [0, 0.05) is 13.1 Å². The summed E-state index contributed by atoms with van der Waals surface area (Å²) in [5, 5.41) is 3.45. The average molecular weight is 293 g/mol. The van der Waals surface area contributed by atoms with Crippen molar-refractivity contribution >= 4 is 32.7 Å². The lowest BCUT2D eigenvalue weighted by Gasteiger charge is -2.17. The number of rotatable bonds is 5. The van der Waals surface area contributed by atoms with Gasteiger partial charge in [0.1, 0.15) is 5.75 Å². The van der Waals surface area contributed by atoms with E-state index >= 15 is 0 Å². The SMILES string of the molecule is CCOc1ccc2nc(NC(=O)N(CC)CC)sc2c1. The third-order valence-electron chi connectivity index (χ3n) is 2.94. The molecule has 0 aliphatic carbocycles. The van der Waals surface area contributed by atoms with Gasteiger partial charge >= 0.3 is 6.03 Å². The summed E-state index contributed by atoms with van der Waals surface area (Å²) in [7, 11) is 0. The number of aromatic nitrogens is 1. The van der Waals surface area contributed by atoms with Gasteiger partial charge in [-0.05, 0) is 39.0 Å². The Hall–Kier alpha value is -1.82. The maximum absolute atomic E-state index is 12.0. The molecule has 0 radical (unpaired) electrons. The molecule has 0 fully saturated rings. The normalized spacial score (nSPS) is 10.6. The summed E-state index contributed by atoms with van der Waals surface area (Å²) >= 11 is 1.45. The first kappa shape index (κ1) is 14.6. The van der Waals surface area contributed by atoms with Crippen molar-refractivity contribution in [1.82, 2.24) is 9.88 Å². The van der Waals surface area contributed by atoms with Crippen molar-refractivity contribution in [3.63, 3.8) is 0 Å².